The normalized spacial score (nSPS) is 20.3. The van der Waals surface area contributed by atoms with Gasteiger partial charge in [0, 0.05) is 19.0 Å². The maximum absolute atomic E-state index is 11.7. The average Bonchev–Trinajstić information content (AvgIpc) is 2.61. The number of hydrogen-bond donors (Lipinski definition) is 1. The molecule has 1 N–H and O–H groups in total. The van der Waals surface area contributed by atoms with Crippen LogP contribution in [0.15, 0.2) is 12.7 Å². The summed E-state index contributed by atoms with van der Waals surface area (Å²) in [6, 6.07) is -0.0974. The van der Waals surface area contributed by atoms with Crippen LogP contribution in [0.4, 0.5) is 0 Å². The zero-order chi connectivity index (χ0) is 11.3. The van der Waals surface area contributed by atoms with Crippen LogP contribution in [-0.4, -0.2) is 34.5 Å². The lowest BCUT2D eigenvalue weighted by Gasteiger charge is -2.23. The molecule has 0 aromatic carbocycles. The minimum atomic E-state index is -0.830. The number of amides is 1. The Morgan fingerprint density at radius 3 is 2.87 bits per heavy atom. The lowest BCUT2D eigenvalue weighted by molar-refractivity contribution is -0.139. The van der Waals surface area contributed by atoms with Gasteiger partial charge >= 0.3 is 5.97 Å². The number of carbonyl (C=O) groups excluding carboxylic acids is 1. The monoisotopic (exact) mass is 211 g/mol. The fourth-order valence-electron chi connectivity index (χ4n) is 1.95. The minimum Gasteiger partial charge on any atom is -0.481 e. The molecular formula is C11H17NO3. The van der Waals surface area contributed by atoms with Crippen molar-refractivity contribution in [3.8, 4) is 0 Å². The first kappa shape index (κ1) is 11.8. The highest BCUT2D eigenvalue weighted by molar-refractivity contribution is 5.78. The Balaban J connectivity index is 2.47. The van der Waals surface area contributed by atoms with Gasteiger partial charge in [-0.25, -0.2) is 0 Å². The van der Waals surface area contributed by atoms with Crippen molar-refractivity contribution in [2.75, 3.05) is 6.54 Å². The molecule has 0 saturated carbocycles. The van der Waals surface area contributed by atoms with Crippen LogP contribution in [0.2, 0.25) is 0 Å². The molecule has 1 amide bonds. The van der Waals surface area contributed by atoms with Crippen LogP contribution >= 0.6 is 0 Å². The molecule has 0 spiro atoms. The van der Waals surface area contributed by atoms with Crippen LogP contribution < -0.4 is 0 Å². The number of carboxylic acid groups (broad SMARTS) is 1. The molecule has 4 heteroatoms. The Morgan fingerprint density at radius 1 is 1.53 bits per heavy atom. The SMILES string of the molecule is C=CCCC(=O)N1CCCC1CC(=O)O. The largest absolute Gasteiger partial charge is 0.481 e. The summed E-state index contributed by atoms with van der Waals surface area (Å²) in [6.07, 6.45) is 4.61. The first-order valence-electron chi connectivity index (χ1n) is 5.27. The number of nitrogens with zero attached hydrogens (tertiary/aromatic N) is 1. The van der Waals surface area contributed by atoms with Gasteiger partial charge in [0.15, 0.2) is 0 Å². The third-order valence-electron chi connectivity index (χ3n) is 2.67. The number of carbonyl (C=O) groups is 2. The van der Waals surface area contributed by atoms with E-state index in [-0.39, 0.29) is 18.4 Å². The summed E-state index contributed by atoms with van der Waals surface area (Å²) >= 11 is 0. The smallest absolute Gasteiger partial charge is 0.305 e. The highest BCUT2D eigenvalue weighted by atomic mass is 16.4. The fourth-order valence-corrected chi connectivity index (χ4v) is 1.95. The van der Waals surface area contributed by atoms with Crippen molar-refractivity contribution in [2.45, 2.75) is 38.1 Å². The van der Waals surface area contributed by atoms with Gasteiger partial charge < -0.3 is 10.0 Å². The maximum Gasteiger partial charge on any atom is 0.305 e. The number of aliphatic carboxylic acids is 1. The van der Waals surface area contributed by atoms with Gasteiger partial charge in [-0.3, -0.25) is 9.59 Å². The van der Waals surface area contributed by atoms with Crippen molar-refractivity contribution in [1.29, 1.82) is 0 Å². The molecule has 1 saturated heterocycles. The summed E-state index contributed by atoms with van der Waals surface area (Å²) in [6.45, 7) is 4.26. The molecule has 1 aliphatic rings. The second kappa shape index (κ2) is 5.53. The molecular weight excluding hydrogens is 194 g/mol. The Bertz CT molecular complexity index is 263. The zero-order valence-corrected chi connectivity index (χ0v) is 8.82. The van der Waals surface area contributed by atoms with E-state index in [2.05, 4.69) is 6.58 Å². The number of rotatable bonds is 5. The summed E-state index contributed by atoms with van der Waals surface area (Å²) < 4.78 is 0. The molecule has 1 rings (SSSR count). The molecule has 0 aliphatic carbocycles. The predicted molar refractivity (Wildman–Crippen MR) is 56.4 cm³/mol. The maximum atomic E-state index is 11.7. The van der Waals surface area contributed by atoms with Gasteiger partial charge in [-0.05, 0) is 19.3 Å². The van der Waals surface area contributed by atoms with Gasteiger partial charge in [0.05, 0.1) is 6.42 Å². The summed E-state index contributed by atoms with van der Waals surface area (Å²) in [5.41, 5.74) is 0. The summed E-state index contributed by atoms with van der Waals surface area (Å²) in [5, 5.41) is 8.70. The molecule has 15 heavy (non-hydrogen) atoms. The van der Waals surface area contributed by atoms with Gasteiger partial charge in [-0.1, -0.05) is 6.08 Å². The van der Waals surface area contributed by atoms with Crippen molar-refractivity contribution >= 4 is 11.9 Å². The van der Waals surface area contributed by atoms with Crippen LogP contribution in [0.1, 0.15) is 32.1 Å². The average molecular weight is 211 g/mol. The predicted octanol–water partition coefficient (Wildman–Crippen LogP) is 1.42. The molecule has 0 radical (unpaired) electrons. The van der Waals surface area contributed by atoms with Crippen LogP contribution in [0, 0.1) is 0 Å². The molecule has 1 aliphatic heterocycles. The van der Waals surface area contributed by atoms with E-state index in [9.17, 15) is 9.59 Å². The molecule has 1 unspecified atom stereocenters. The number of carboxylic acids is 1. The van der Waals surface area contributed by atoms with Gasteiger partial charge in [-0.15, -0.1) is 6.58 Å². The first-order valence-corrected chi connectivity index (χ1v) is 5.27. The van der Waals surface area contributed by atoms with Crippen LogP contribution in [-0.2, 0) is 9.59 Å². The van der Waals surface area contributed by atoms with E-state index in [0.717, 1.165) is 12.8 Å². The van der Waals surface area contributed by atoms with E-state index in [1.165, 1.54) is 0 Å². The fraction of sp³-hybridized carbons (Fsp3) is 0.636. The van der Waals surface area contributed by atoms with E-state index < -0.39 is 5.97 Å². The quantitative estimate of drug-likeness (QED) is 0.700. The summed E-state index contributed by atoms with van der Waals surface area (Å²) in [7, 11) is 0. The molecule has 84 valence electrons. The number of allylic oxidation sites excluding steroid dienone is 1. The van der Waals surface area contributed by atoms with Crippen molar-refractivity contribution in [2.24, 2.45) is 0 Å². The van der Waals surface area contributed by atoms with E-state index >= 15 is 0 Å². The van der Waals surface area contributed by atoms with Crippen molar-refractivity contribution in [3.05, 3.63) is 12.7 Å². The lowest BCUT2D eigenvalue weighted by Crippen LogP contribution is -2.36. The van der Waals surface area contributed by atoms with Gasteiger partial charge in [0.25, 0.3) is 0 Å². The highest BCUT2D eigenvalue weighted by Gasteiger charge is 2.29. The van der Waals surface area contributed by atoms with E-state index in [1.807, 2.05) is 0 Å². The standard InChI is InChI=1S/C11H17NO3/c1-2-3-6-10(13)12-7-4-5-9(12)8-11(14)15/h2,9H,1,3-8H2,(H,14,15). The third kappa shape index (κ3) is 3.38. The Labute approximate surface area is 89.6 Å². The van der Waals surface area contributed by atoms with Crippen LogP contribution in [0.25, 0.3) is 0 Å². The summed E-state index contributed by atoms with van der Waals surface area (Å²) in [4.78, 5) is 24.0. The lowest BCUT2D eigenvalue weighted by atomic mass is 10.1. The summed E-state index contributed by atoms with van der Waals surface area (Å²) in [5.74, 6) is -0.776. The molecule has 1 fully saturated rings. The van der Waals surface area contributed by atoms with Gasteiger partial charge in [0.1, 0.15) is 0 Å². The second-order valence-electron chi connectivity index (χ2n) is 3.81. The first-order chi connectivity index (χ1) is 7.15. The zero-order valence-electron chi connectivity index (χ0n) is 8.82. The molecule has 0 aromatic rings. The molecule has 1 heterocycles. The molecule has 4 nitrogen and oxygen atoms in total. The van der Waals surface area contributed by atoms with Gasteiger partial charge in [0.2, 0.25) is 5.91 Å². The topological polar surface area (TPSA) is 57.6 Å². The Kier molecular flexibility index (Phi) is 4.34. The molecule has 1 atom stereocenters. The third-order valence-corrected chi connectivity index (χ3v) is 2.67. The molecule has 0 bridgehead atoms. The highest BCUT2D eigenvalue weighted by Crippen LogP contribution is 2.21. The Morgan fingerprint density at radius 2 is 2.27 bits per heavy atom. The number of likely N-dealkylation sites (tertiary alicyclic amines) is 1. The Hall–Kier alpha value is -1.32. The van der Waals surface area contributed by atoms with Crippen LogP contribution in [0.3, 0.4) is 0 Å². The second-order valence-corrected chi connectivity index (χ2v) is 3.81. The van der Waals surface area contributed by atoms with Crippen molar-refractivity contribution in [3.63, 3.8) is 0 Å². The van der Waals surface area contributed by atoms with Crippen molar-refractivity contribution < 1.29 is 14.7 Å². The van der Waals surface area contributed by atoms with E-state index in [0.29, 0.717) is 19.4 Å². The van der Waals surface area contributed by atoms with E-state index in [1.54, 1.807) is 11.0 Å². The molecule has 0 aromatic heterocycles. The minimum absolute atomic E-state index is 0.0543. The van der Waals surface area contributed by atoms with Gasteiger partial charge in [-0.2, -0.15) is 0 Å². The number of hydrogen-bond acceptors (Lipinski definition) is 2. The van der Waals surface area contributed by atoms with Crippen molar-refractivity contribution in [1.82, 2.24) is 4.90 Å². The van der Waals surface area contributed by atoms with Crippen LogP contribution in [0.5, 0.6) is 0 Å². The van der Waals surface area contributed by atoms with E-state index in [4.69, 9.17) is 5.11 Å².